The van der Waals surface area contributed by atoms with E-state index in [4.69, 9.17) is 0 Å². The molecule has 2 rings (SSSR count). The molecule has 90 valence electrons. The number of aromatic nitrogens is 1. The van der Waals surface area contributed by atoms with Crippen LogP contribution in [0.25, 0.3) is 10.9 Å². The number of rotatable bonds is 3. The first kappa shape index (κ1) is 11.9. The van der Waals surface area contributed by atoms with Crippen LogP contribution in [-0.4, -0.2) is 10.4 Å². The van der Waals surface area contributed by atoms with Crippen LogP contribution < -0.4 is 0 Å². The number of fused-ring (bicyclic) bond motifs is 1. The number of benzene rings is 1. The van der Waals surface area contributed by atoms with Crippen molar-refractivity contribution in [1.29, 1.82) is 0 Å². The Kier molecular flexibility index (Phi) is 3.05. The largest absolute Gasteiger partial charge is 0.347 e. The highest BCUT2D eigenvalue weighted by atomic mass is 16.1. The van der Waals surface area contributed by atoms with Crippen molar-refractivity contribution in [2.75, 3.05) is 0 Å². The van der Waals surface area contributed by atoms with E-state index < -0.39 is 0 Å². The topological polar surface area (TPSA) is 22.0 Å². The van der Waals surface area contributed by atoms with E-state index in [9.17, 15) is 4.79 Å². The number of nitrogens with zero attached hydrogens (tertiary/aromatic N) is 1. The molecule has 0 saturated carbocycles. The van der Waals surface area contributed by atoms with Gasteiger partial charge in [-0.05, 0) is 18.9 Å². The molecule has 0 spiro atoms. The van der Waals surface area contributed by atoms with Crippen LogP contribution in [0.4, 0.5) is 0 Å². The van der Waals surface area contributed by atoms with E-state index in [0.29, 0.717) is 12.3 Å². The third kappa shape index (κ3) is 1.99. The molecular weight excluding hydrogens is 210 g/mol. The summed E-state index contributed by atoms with van der Waals surface area (Å²) in [5.41, 5.74) is 3.10. The zero-order valence-corrected chi connectivity index (χ0v) is 10.9. The lowest BCUT2D eigenvalue weighted by atomic mass is 9.99. The molecule has 0 fully saturated rings. The maximum Gasteiger partial charge on any atom is 0.165 e. The van der Waals surface area contributed by atoms with Crippen molar-refractivity contribution in [3.8, 4) is 0 Å². The van der Waals surface area contributed by atoms with E-state index in [1.54, 1.807) is 0 Å². The third-order valence-corrected chi connectivity index (χ3v) is 3.27. The first-order chi connectivity index (χ1) is 8.02. The SMILES string of the molecule is Cc1c(C(=O)CC(C)C)c2ccccc2n1C. The van der Waals surface area contributed by atoms with Gasteiger partial charge in [0.25, 0.3) is 0 Å². The van der Waals surface area contributed by atoms with E-state index in [1.807, 2.05) is 32.2 Å². The number of para-hydroxylation sites is 1. The Labute approximate surface area is 102 Å². The number of carbonyl (C=O) groups is 1. The van der Waals surface area contributed by atoms with Crippen LogP contribution in [0.1, 0.15) is 36.3 Å². The van der Waals surface area contributed by atoms with Crippen molar-refractivity contribution >= 4 is 16.7 Å². The summed E-state index contributed by atoms with van der Waals surface area (Å²) in [5, 5.41) is 1.08. The maximum atomic E-state index is 12.3. The van der Waals surface area contributed by atoms with Crippen LogP contribution in [0.15, 0.2) is 24.3 Å². The highest BCUT2D eigenvalue weighted by molar-refractivity contribution is 6.09. The first-order valence-corrected chi connectivity index (χ1v) is 6.09. The third-order valence-electron chi connectivity index (χ3n) is 3.27. The minimum atomic E-state index is 0.259. The average Bonchev–Trinajstić information content (AvgIpc) is 2.51. The average molecular weight is 229 g/mol. The molecular formula is C15H19NO. The van der Waals surface area contributed by atoms with E-state index in [-0.39, 0.29) is 5.78 Å². The fourth-order valence-electron chi connectivity index (χ4n) is 2.35. The Balaban J connectivity index is 2.61. The molecule has 0 saturated heterocycles. The molecule has 2 nitrogen and oxygen atoms in total. The molecule has 2 aromatic rings. The lowest BCUT2D eigenvalue weighted by molar-refractivity contribution is 0.0968. The Morgan fingerprint density at radius 3 is 2.59 bits per heavy atom. The van der Waals surface area contributed by atoms with Crippen LogP contribution in [0.5, 0.6) is 0 Å². The van der Waals surface area contributed by atoms with E-state index in [1.165, 1.54) is 0 Å². The molecule has 0 aliphatic heterocycles. The lowest BCUT2D eigenvalue weighted by Crippen LogP contribution is -2.05. The molecule has 1 heterocycles. The number of aryl methyl sites for hydroxylation is 1. The second-order valence-electron chi connectivity index (χ2n) is 5.06. The minimum Gasteiger partial charge on any atom is -0.347 e. The quantitative estimate of drug-likeness (QED) is 0.735. The minimum absolute atomic E-state index is 0.259. The van der Waals surface area contributed by atoms with Crippen molar-refractivity contribution in [1.82, 2.24) is 4.57 Å². The van der Waals surface area contributed by atoms with E-state index >= 15 is 0 Å². The van der Waals surface area contributed by atoms with Crippen LogP contribution in [0.3, 0.4) is 0 Å². The van der Waals surface area contributed by atoms with Gasteiger partial charge in [-0.1, -0.05) is 32.0 Å². The van der Waals surface area contributed by atoms with Gasteiger partial charge in [-0.25, -0.2) is 0 Å². The van der Waals surface area contributed by atoms with Crippen molar-refractivity contribution in [2.24, 2.45) is 13.0 Å². The van der Waals surface area contributed by atoms with Gasteiger partial charge in [0.2, 0.25) is 0 Å². The summed E-state index contributed by atoms with van der Waals surface area (Å²) in [5.74, 6) is 0.662. The van der Waals surface area contributed by atoms with Crippen molar-refractivity contribution in [3.05, 3.63) is 35.5 Å². The second kappa shape index (κ2) is 4.36. The van der Waals surface area contributed by atoms with Gasteiger partial charge in [-0.3, -0.25) is 4.79 Å². The summed E-state index contributed by atoms with van der Waals surface area (Å²) in [7, 11) is 2.02. The van der Waals surface area contributed by atoms with Gasteiger partial charge in [0, 0.05) is 35.6 Å². The molecule has 0 radical (unpaired) electrons. The molecule has 1 aromatic carbocycles. The fraction of sp³-hybridized carbons (Fsp3) is 0.400. The molecule has 0 unspecified atom stereocenters. The zero-order valence-electron chi connectivity index (χ0n) is 10.9. The first-order valence-electron chi connectivity index (χ1n) is 6.09. The predicted octanol–water partition coefficient (Wildman–Crippen LogP) is 3.72. The van der Waals surface area contributed by atoms with Gasteiger partial charge in [0.15, 0.2) is 5.78 Å². The summed E-state index contributed by atoms with van der Waals surface area (Å²) >= 11 is 0. The molecule has 0 atom stereocenters. The highest BCUT2D eigenvalue weighted by Gasteiger charge is 2.18. The van der Waals surface area contributed by atoms with Crippen LogP contribution in [0.2, 0.25) is 0 Å². The number of Topliss-reactive ketones (excluding diaryl/α,β-unsaturated/α-hetero) is 1. The van der Waals surface area contributed by atoms with Gasteiger partial charge in [-0.15, -0.1) is 0 Å². The second-order valence-corrected chi connectivity index (χ2v) is 5.06. The van der Waals surface area contributed by atoms with Crippen molar-refractivity contribution in [2.45, 2.75) is 27.2 Å². The summed E-state index contributed by atoms with van der Waals surface area (Å²) in [4.78, 5) is 12.3. The molecule has 17 heavy (non-hydrogen) atoms. The van der Waals surface area contributed by atoms with E-state index in [2.05, 4.69) is 24.5 Å². The standard InChI is InChI=1S/C15H19NO/c1-10(2)9-14(17)15-11(3)16(4)13-8-6-5-7-12(13)15/h5-8,10H,9H2,1-4H3. The van der Waals surface area contributed by atoms with Crippen LogP contribution in [0, 0.1) is 12.8 Å². The number of hydrogen-bond acceptors (Lipinski definition) is 1. The van der Waals surface area contributed by atoms with Gasteiger partial charge < -0.3 is 4.57 Å². The Morgan fingerprint density at radius 1 is 1.29 bits per heavy atom. The smallest absolute Gasteiger partial charge is 0.165 e. The monoisotopic (exact) mass is 229 g/mol. The summed E-state index contributed by atoms with van der Waals surface area (Å²) in [6, 6.07) is 8.11. The van der Waals surface area contributed by atoms with Crippen LogP contribution in [-0.2, 0) is 7.05 Å². The maximum absolute atomic E-state index is 12.3. The zero-order chi connectivity index (χ0) is 12.6. The number of ketones is 1. The van der Waals surface area contributed by atoms with Crippen LogP contribution >= 0.6 is 0 Å². The molecule has 2 heteroatoms. The summed E-state index contributed by atoms with van der Waals surface area (Å²) < 4.78 is 2.10. The molecule has 0 aliphatic carbocycles. The highest BCUT2D eigenvalue weighted by Crippen LogP contribution is 2.26. The number of carbonyl (C=O) groups excluding carboxylic acids is 1. The van der Waals surface area contributed by atoms with Crippen molar-refractivity contribution < 1.29 is 4.79 Å². The van der Waals surface area contributed by atoms with Gasteiger partial charge in [0.1, 0.15) is 0 Å². The molecule has 0 N–H and O–H groups in total. The van der Waals surface area contributed by atoms with Gasteiger partial charge >= 0.3 is 0 Å². The molecule has 1 aromatic heterocycles. The molecule has 0 bridgehead atoms. The molecule has 0 aliphatic rings. The van der Waals surface area contributed by atoms with Gasteiger partial charge in [0.05, 0.1) is 0 Å². The van der Waals surface area contributed by atoms with E-state index in [0.717, 1.165) is 22.2 Å². The van der Waals surface area contributed by atoms with Crippen molar-refractivity contribution in [3.63, 3.8) is 0 Å². The molecule has 0 amide bonds. The van der Waals surface area contributed by atoms with Gasteiger partial charge in [-0.2, -0.15) is 0 Å². The Bertz CT molecular complexity index is 564. The summed E-state index contributed by atoms with van der Waals surface area (Å²) in [6.45, 7) is 6.18. The normalized spacial score (nSPS) is 11.4. The predicted molar refractivity (Wildman–Crippen MR) is 71.4 cm³/mol. The Hall–Kier alpha value is -1.57. The lowest BCUT2D eigenvalue weighted by Gasteiger charge is -2.04. The fourth-order valence-corrected chi connectivity index (χ4v) is 2.35. The summed E-state index contributed by atoms with van der Waals surface area (Å²) in [6.07, 6.45) is 0.620. The Morgan fingerprint density at radius 2 is 1.94 bits per heavy atom. The number of hydrogen-bond donors (Lipinski definition) is 0.